The van der Waals surface area contributed by atoms with Gasteiger partial charge in [0.1, 0.15) is 5.01 Å². The van der Waals surface area contributed by atoms with E-state index in [1.807, 2.05) is 66.0 Å². The third-order valence-corrected chi connectivity index (χ3v) is 4.74. The van der Waals surface area contributed by atoms with Crippen LogP contribution in [0.4, 0.5) is 0 Å². The Labute approximate surface area is 154 Å². The van der Waals surface area contributed by atoms with E-state index in [1.54, 1.807) is 17.4 Å². The topological polar surface area (TPSA) is 68.0 Å². The van der Waals surface area contributed by atoms with E-state index in [0.717, 1.165) is 21.8 Å². The Kier molecular flexibility index (Phi) is 4.57. The molecule has 0 unspecified atom stereocenters. The molecule has 5 nitrogen and oxygen atoms in total. The summed E-state index contributed by atoms with van der Waals surface area (Å²) in [5.41, 5.74) is 3.02. The fraction of sp³-hybridized carbons (Fsp3) is 0.0500. The number of nitrogens with zero attached hydrogens (tertiary/aromatic N) is 2. The van der Waals surface area contributed by atoms with Crippen LogP contribution in [0.5, 0.6) is 0 Å². The van der Waals surface area contributed by atoms with E-state index in [4.69, 9.17) is 4.52 Å². The number of hydrogen-bond donors (Lipinski definition) is 1. The Morgan fingerprint density at radius 2 is 1.69 bits per heavy atom. The zero-order valence-electron chi connectivity index (χ0n) is 13.8. The van der Waals surface area contributed by atoms with Crippen LogP contribution in [0.3, 0.4) is 0 Å². The molecule has 2 heterocycles. The SMILES string of the molecule is O=C(NCc1csc(-c2ccccc2)n1)c1cc(-c2ccccc2)on1. The molecule has 0 spiro atoms. The number of thiazole rings is 1. The second-order valence-corrected chi connectivity index (χ2v) is 6.49. The first kappa shape index (κ1) is 16.2. The van der Waals surface area contributed by atoms with Crippen LogP contribution in [0.2, 0.25) is 0 Å². The highest BCUT2D eigenvalue weighted by Crippen LogP contribution is 2.23. The molecule has 0 saturated heterocycles. The van der Waals surface area contributed by atoms with Crippen molar-refractivity contribution in [3.63, 3.8) is 0 Å². The summed E-state index contributed by atoms with van der Waals surface area (Å²) in [7, 11) is 0. The van der Waals surface area contributed by atoms with Gasteiger partial charge in [0.15, 0.2) is 11.5 Å². The fourth-order valence-corrected chi connectivity index (χ4v) is 3.31. The van der Waals surface area contributed by atoms with Gasteiger partial charge in [0.25, 0.3) is 5.91 Å². The molecule has 0 aliphatic heterocycles. The smallest absolute Gasteiger partial charge is 0.273 e. The maximum Gasteiger partial charge on any atom is 0.273 e. The molecular weight excluding hydrogens is 346 g/mol. The predicted octanol–water partition coefficient (Wildman–Crippen LogP) is 4.40. The molecule has 0 radical (unpaired) electrons. The van der Waals surface area contributed by atoms with Crippen LogP contribution in [0, 0.1) is 0 Å². The second-order valence-electron chi connectivity index (χ2n) is 5.64. The summed E-state index contributed by atoms with van der Waals surface area (Å²) in [6.45, 7) is 0.343. The molecule has 128 valence electrons. The molecule has 4 aromatic rings. The molecule has 0 atom stereocenters. The largest absolute Gasteiger partial charge is 0.355 e. The van der Waals surface area contributed by atoms with Crippen LogP contribution >= 0.6 is 11.3 Å². The monoisotopic (exact) mass is 361 g/mol. The standard InChI is InChI=1S/C20H15N3O2S/c24-19(17-11-18(25-23-17)14-7-3-1-4-8-14)21-12-16-13-26-20(22-16)15-9-5-2-6-10-15/h1-11,13H,12H2,(H,21,24). The van der Waals surface area contributed by atoms with Gasteiger partial charge in [-0.1, -0.05) is 65.8 Å². The van der Waals surface area contributed by atoms with Crippen molar-refractivity contribution in [1.82, 2.24) is 15.5 Å². The Morgan fingerprint density at radius 1 is 1.00 bits per heavy atom. The summed E-state index contributed by atoms with van der Waals surface area (Å²) in [6, 6.07) is 21.1. The molecular formula is C20H15N3O2S. The third kappa shape index (κ3) is 3.55. The van der Waals surface area contributed by atoms with E-state index in [2.05, 4.69) is 15.5 Å². The lowest BCUT2D eigenvalue weighted by atomic mass is 10.1. The molecule has 1 amide bonds. The summed E-state index contributed by atoms with van der Waals surface area (Å²) in [6.07, 6.45) is 0. The van der Waals surface area contributed by atoms with Crippen molar-refractivity contribution in [2.75, 3.05) is 0 Å². The number of benzene rings is 2. The Bertz CT molecular complexity index is 1010. The van der Waals surface area contributed by atoms with Crippen molar-refractivity contribution >= 4 is 17.2 Å². The minimum atomic E-state index is -0.287. The van der Waals surface area contributed by atoms with E-state index in [1.165, 1.54) is 0 Å². The molecule has 26 heavy (non-hydrogen) atoms. The number of rotatable bonds is 5. The number of carbonyl (C=O) groups excluding carboxylic acids is 1. The zero-order chi connectivity index (χ0) is 17.8. The quantitative estimate of drug-likeness (QED) is 0.572. The zero-order valence-corrected chi connectivity index (χ0v) is 14.6. The molecule has 0 bridgehead atoms. The summed E-state index contributed by atoms with van der Waals surface area (Å²) >= 11 is 1.55. The Hall–Kier alpha value is -3.25. The first-order chi connectivity index (χ1) is 12.8. The van der Waals surface area contributed by atoms with Gasteiger partial charge in [0.05, 0.1) is 12.2 Å². The van der Waals surface area contributed by atoms with Crippen LogP contribution in [-0.2, 0) is 6.54 Å². The van der Waals surface area contributed by atoms with Crippen LogP contribution in [0.15, 0.2) is 76.6 Å². The highest BCUT2D eigenvalue weighted by atomic mass is 32.1. The summed E-state index contributed by atoms with van der Waals surface area (Å²) in [5, 5.41) is 9.56. The van der Waals surface area contributed by atoms with E-state index < -0.39 is 0 Å². The molecule has 6 heteroatoms. The van der Waals surface area contributed by atoms with Gasteiger partial charge in [-0.15, -0.1) is 11.3 Å². The number of carbonyl (C=O) groups is 1. The van der Waals surface area contributed by atoms with Gasteiger partial charge in [0.2, 0.25) is 0 Å². The third-order valence-electron chi connectivity index (χ3n) is 3.80. The van der Waals surface area contributed by atoms with Gasteiger partial charge in [-0.25, -0.2) is 4.98 Å². The highest BCUT2D eigenvalue weighted by Gasteiger charge is 2.14. The number of hydrogen-bond acceptors (Lipinski definition) is 5. The Morgan fingerprint density at radius 3 is 2.42 bits per heavy atom. The van der Waals surface area contributed by atoms with Crippen molar-refractivity contribution in [3.05, 3.63) is 83.5 Å². The van der Waals surface area contributed by atoms with Crippen LogP contribution in [0.1, 0.15) is 16.2 Å². The normalized spacial score (nSPS) is 10.6. The van der Waals surface area contributed by atoms with Crippen molar-refractivity contribution < 1.29 is 9.32 Å². The van der Waals surface area contributed by atoms with Crippen molar-refractivity contribution in [2.24, 2.45) is 0 Å². The summed E-state index contributed by atoms with van der Waals surface area (Å²) in [5.74, 6) is 0.279. The first-order valence-electron chi connectivity index (χ1n) is 8.10. The molecule has 0 aliphatic rings. The average Bonchev–Trinajstić information content (AvgIpc) is 3.37. The second kappa shape index (κ2) is 7.33. The molecule has 0 aliphatic carbocycles. The molecule has 4 rings (SSSR count). The van der Waals surface area contributed by atoms with Crippen LogP contribution in [0.25, 0.3) is 21.9 Å². The minimum absolute atomic E-state index is 0.252. The average molecular weight is 361 g/mol. The lowest BCUT2D eigenvalue weighted by Gasteiger charge is -1.99. The van der Waals surface area contributed by atoms with Crippen molar-refractivity contribution in [2.45, 2.75) is 6.54 Å². The summed E-state index contributed by atoms with van der Waals surface area (Å²) < 4.78 is 5.26. The Balaban J connectivity index is 1.40. The van der Waals surface area contributed by atoms with E-state index in [0.29, 0.717) is 12.3 Å². The maximum atomic E-state index is 12.3. The van der Waals surface area contributed by atoms with E-state index in [9.17, 15) is 4.79 Å². The molecule has 2 aromatic heterocycles. The van der Waals surface area contributed by atoms with Crippen molar-refractivity contribution in [3.8, 4) is 21.9 Å². The molecule has 0 saturated carbocycles. The lowest BCUT2D eigenvalue weighted by molar-refractivity contribution is 0.0941. The van der Waals surface area contributed by atoms with Gasteiger partial charge in [-0.3, -0.25) is 4.79 Å². The summed E-state index contributed by atoms with van der Waals surface area (Å²) in [4.78, 5) is 16.8. The van der Waals surface area contributed by atoms with Gasteiger partial charge >= 0.3 is 0 Å². The number of nitrogens with one attached hydrogen (secondary N) is 1. The molecule has 1 N–H and O–H groups in total. The maximum absolute atomic E-state index is 12.3. The molecule has 0 fully saturated rings. The van der Waals surface area contributed by atoms with Gasteiger partial charge in [0, 0.05) is 22.6 Å². The van der Waals surface area contributed by atoms with Crippen LogP contribution < -0.4 is 5.32 Å². The van der Waals surface area contributed by atoms with Gasteiger partial charge in [-0.05, 0) is 0 Å². The number of amides is 1. The van der Waals surface area contributed by atoms with Crippen LogP contribution in [-0.4, -0.2) is 16.0 Å². The van der Waals surface area contributed by atoms with Crippen molar-refractivity contribution in [1.29, 1.82) is 0 Å². The lowest BCUT2D eigenvalue weighted by Crippen LogP contribution is -2.23. The van der Waals surface area contributed by atoms with Gasteiger partial charge in [-0.2, -0.15) is 0 Å². The number of aromatic nitrogens is 2. The first-order valence-corrected chi connectivity index (χ1v) is 8.98. The fourth-order valence-electron chi connectivity index (χ4n) is 2.48. The van der Waals surface area contributed by atoms with E-state index >= 15 is 0 Å². The highest BCUT2D eigenvalue weighted by molar-refractivity contribution is 7.13. The minimum Gasteiger partial charge on any atom is -0.355 e. The van der Waals surface area contributed by atoms with E-state index in [-0.39, 0.29) is 11.6 Å². The predicted molar refractivity (Wildman–Crippen MR) is 101 cm³/mol. The van der Waals surface area contributed by atoms with Gasteiger partial charge < -0.3 is 9.84 Å². The molecule has 2 aromatic carbocycles.